The van der Waals surface area contributed by atoms with E-state index in [1.807, 2.05) is 4.57 Å². The fourth-order valence-corrected chi connectivity index (χ4v) is 1.60. The zero-order chi connectivity index (χ0) is 11.4. The van der Waals surface area contributed by atoms with Crippen molar-refractivity contribution in [2.24, 2.45) is 0 Å². The zero-order valence-electron chi connectivity index (χ0n) is 8.73. The van der Waals surface area contributed by atoms with Crippen LogP contribution in [0.25, 0.3) is 0 Å². The first kappa shape index (κ1) is 10.6. The van der Waals surface area contributed by atoms with Crippen LogP contribution >= 0.6 is 0 Å². The van der Waals surface area contributed by atoms with E-state index in [1.54, 1.807) is 6.07 Å². The summed E-state index contributed by atoms with van der Waals surface area (Å²) in [7, 11) is 0. The van der Waals surface area contributed by atoms with Crippen LogP contribution in [0.1, 0.15) is 18.1 Å². The molecular weight excluding hydrogens is 208 g/mol. The Morgan fingerprint density at radius 2 is 2.50 bits per heavy atom. The van der Waals surface area contributed by atoms with Gasteiger partial charge >= 0.3 is 0 Å². The van der Waals surface area contributed by atoms with Gasteiger partial charge in [0, 0.05) is 13.1 Å². The zero-order valence-corrected chi connectivity index (χ0v) is 8.73. The maximum absolute atomic E-state index is 11.1. The van der Waals surface area contributed by atoms with Crippen LogP contribution in [0.2, 0.25) is 0 Å². The lowest BCUT2D eigenvalue weighted by Gasteiger charge is -2.15. The highest BCUT2D eigenvalue weighted by Gasteiger charge is 2.15. The number of rotatable bonds is 3. The number of hydrogen-bond donors (Lipinski definition) is 2. The molecule has 0 spiro atoms. The average Bonchev–Trinajstić information content (AvgIpc) is 2.70. The Kier molecular flexibility index (Phi) is 3.12. The van der Waals surface area contributed by atoms with Crippen LogP contribution in [0.15, 0.2) is 0 Å². The minimum atomic E-state index is -0.284. The third-order valence-electron chi connectivity index (χ3n) is 2.38. The first-order valence-corrected chi connectivity index (χ1v) is 5.06. The molecule has 1 amide bonds. The molecule has 0 bridgehead atoms. The predicted molar refractivity (Wildman–Crippen MR) is 53.8 cm³/mol. The van der Waals surface area contributed by atoms with Crippen LogP contribution < -0.4 is 10.6 Å². The van der Waals surface area contributed by atoms with Gasteiger partial charge in [-0.05, 0) is 0 Å². The van der Waals surface area contributed by atoms with Crippen LogP contribution in [-0.4, -0.2) is 27.2 Å². The van der Waals surface area contributed by atoms with Gasteiger partial charge < -0.3 is 15.2 Å². The third kappa shape index (κ3) is 2.17. The molecule has 1 aromatic heterocycles. The molecule has 16 heavy (non-hydrogen) atoms. The van der Waals surface area contributed by atoms with Gasteiger partial charge in [0.2, 0.25) is 5.91 Å². The van der Waals surface area contributed by atoms with Crippen molar-refractivity contribution in [1.29, 1.82) is 5.26 Å². The van der Waals surface area contributed by atoms with Crippen molar-refractivity contribution in [1.82, 2.24) is 25.4 Å². The molecule has 0 aromatic carbocycles. The standard InChI is InChI=1S/C9H12N6O/c10-2-1-9(16)12-6-8-14-13-7-5-11-3-4-15(7)8/h11H,1,3-6H2,(H,12,16). The molecular formula is C9H12N6O. The molecule has 2 rings (SSSR count). The second kappa shape index (κ2) is 4.72. The number of hydrogen-bond acceptors (Lipinski definition) is 5. The van der Waals surface area contributed by atoms with E-state index in [0.717, 1.165) is 24.7 Å². The normalized spacial score (nSPS) is 13.9. The largest absolute Gasteiger partial charge is 0.348 e. The fourth-order valence-electron chi connectivity index (χ4n) is 1.60. The van der Waals surface area contributed by atoms with Gasteiger partial charge in [0.15, 0.2) is 5.82 Å². The number of nitrogens with zero attached hydrogens (tertiary/aromatic N) is 4. The highest BCUT2D eigenvalue weighted by molar-refractivity contribution is 5.77. The Bertz CT molecular complexity index is 432. The molecule has 0 fully saturated rings. The molecule has 7 heteroatoms. The van der Waals surface area contributed by atoms with Gasteiger partial charge in [0.1, 0.15) is 12.2 Å². The van der Waals surface area contributed by atoms with Gasteiger partial charge in [0.05, 0.1) is 19.2 Å². The van der Waals surface area contributed by atoms with Crippen LogP contribution in [0.4, 0.5) is 0 Å². The number of carbonyl (C=O) groups excluding carboxylic acids is 1. The van der Waals surface area contributed by atoms with E-state index in [1.165, 1.54) is 0 Å². The number of nitrogens with one attached hydrogen (secondary N) is 2. The molecule has 2 heterocycles. The van der Waals surface area contributed by atoms with Crippen LogP contribution in [0, 0.1) is 11.3 Å². The summed E-state index contributed by atoms with van der Waals surface area (Å²) in [4.78, 5) is 11.1. The number of nitriles is 1. The summed E-state index contributed by atoms with van der Waals surface area (Å²) in [5.41, 5.74) is 0. The smallest absolute Gasteiger partial charge is 0.234 e. The van der Waals surface area contributed by atoms with Crippen LogP contribution in [0.3, 0.4) is 0 Å². The fraction of sp³-hybridized carbons (Fsp3) is 0.556. The number of fused-ring (bicyclic) bond motifs is 1. The van der Waals surface area contributed by atoms with Crippen molar-refractivity contribution >= 4 is 5.91 Å². The minimum Gasteiger partial charge on any atom is -0.348 e. The molecule has 0 atom stereocenters. The van der Waals surface area contributed by atoms with E-state index in [4.69, 9.17) is 5.26 Å². The molecule has 1 aliphatic heterocycles. The predicted octanol–water partition coefficient (Wildman–Crippen LogP) is -1.09. The van der Waals surface area contributed by atoms with E-state index >= 15 is 0 Å². The topological polar surface area (TPSA) is 95.6 Å². The van der Waals surface area contributed by atoms with E-state index in [-0.39, 0.29) is 12.3 Å². The molecule has 0 radical (unpaired) electrons. The molecule has 0 saturated heterocycles. The Morgan fingerprint density at radius 3 is 3.31 bits per heavy atom. The first-order chi connectivity index (χ1) is 7.81. The third-order valence-corrected chi connectivity index (χ3v) is 2.38. The summed E-state index contributed by atoms with van der Waals surface area (Å²) in [6.45, 7) is 2.72. The maximum Gasteiger partial charge on any atom is 0.234 e. The summed E-state index contributed by atoms with van der Waals surface area (Å²) < 4.78 is 1.99. The summed E-state index contributed by atoms with van der Waals surface area (Å²) >= 11 is 0. The van der Waals surface area contributed by atoms with Crippen molar-refractivity contribution in [3.8, 4) is 6.07 Å². The lowest BCUT2D eigenvalue weighted by Crippen LogP contribution is -2.31. The summed E-state index contributed by atoms with van der Waals surface area (Å²) in [5.74, 6) is 1.34. The van der Waals surface area contributed by atoms with Gasteiger partial charge in [-0.25, -0.2) is 0 Å². The Balaban J connectivity index is 1.97. The average molecular weight is 220 g/mol. The summed E-state index contributed by atoms with van der Waals surface area (Å²) in [5, 5.41) is 22.2. The molecule has 0 unspecified atom stereocenters. The molecule has 0 aliphatic carbocycles. The van der Waals surface area contributed by atoms with Gasteiger partial charge in [-0.3, -0.25) is 4.79 Å². The lowest BCUT2D eigenvalue weighted by atomic mass is 10.4. The SMILES string of the molecule is N#CCC(=O)NCc1nnc2n1CCNC2. The summed E-state index contributed by atoms with van der Waals surface area (Å²) in [6.07, 6.45) is -0.122. The van der Waals surface area contributed by atoms with Crippen molar-refractivity contribution in [2.75, 3.05) is 6.54 Å². The second-order valence-corrected chi connectivity index (χ2v) is 3.47. The van der Waals surface area contributed by atoms with Crippen molar-refractivity contribution in [2.45, 2.75) is 26.1 Å². The maximum atomic E-state index is 11.1. The lowest BCUT2D eigenvalue weighted by molar-refractivity contribution is -0.120. The van der Waals surface area contributed by atoms with E-state index in [0.29, 0.717) is 13.1 Å². The van der Waals surface area contributed by atoms with Crippen molar-refractivity contribution < 1.29 is 4.79 Å². The van der Waals surface area contributed by atoms with Gasteiger partial charge in [-0.2, -0.15) is 5.26 Å². The highest BCUT2D eigenvalue weighted by Crippen LogP contribution is 2.05. The monoisotopic (exact) mass is 220 g/mol. The number of amides is 1. The Labute approximate surface area is 92.5 Å². The number of aromatic nitrogens is 3. The molecule has 0 saturated carbocycles. The van der Waals surface area contributed by atoms with Gasteiger partial charge in [-0.15, -0.1) is 10.2 Å². The van der Waals surface area contributed by atoms with E-state index in [9.17, 15) is 4.79 Å². The van der Waals surface area contributed by atoms with E-state index < -0.39 is 0 Å². The quantitative estimate of drug-likeness (QED) is 0.675. The summed E-state index contributed by atoms with van der Waals surface area (Å²) in [6, 6.07) is 1.80. The Morgan fingerprint density at radius 1 is 1.62 bits per heavy atom. The van der Waals surface area contributed by atoms with E-state index in [2.05, 4.69) is 20.8 Å². The van der Waals surface area contributed by atoms with Crippen molar-refractivity contribution in [3.05, 3.63) is 11.6 Å². The highest BCUT2D eigenvalue weighted by atomic mass is 16.1. The first-order valence-electron chi connectivity index (χ1n) is 5.06. The number of carbonyl (C=O) groups is 1. The van der Waals surface area contributed by atoms with Crippen LogP contribution in [0.5, 0.6) is 0 Å². The minimum absolute atomic E-state index is 0.122. The molecule has 84 valence electrons. The Hall–Kier alpha value is -1.94. The van der Waals surface area contributed by atoms with Crippen LogP contribution in [-0.2, 0) is 24.4 Å². The molecule has 1 aliphatic rings. The molecule has 2 N–H and O–H groups in total. The van der Waals surface area contributed by atoms with Gasteiger partial charge in [0.25, 0.3) is 0 Å². The second-order valence-electron chi connectivity index (χ2n) is 3.47. The van der Waals surface area contributed by atoms with Crippen molar-refractivity contribution in [3.63, 3.8) is 0 Å². The molecule has 7 nitrogen and oxygen atoms in total. The van der Waals surface area contributed by atoms with Gasteiger partial charge in [-0.1, -0.05) is 0 Å². The molecule has 1 aromatic rings.